The molecule has 0 radical (unpaired) electrons. The normalized spacial score (nSPS) is 17.5. The van der Waals surface area contributed by atoms with Crippen molar-refractivity contribution in [2.24, 2.45) is 0 Å². The van der Waals surface area contributed by atoms with Gasteiger partial charge in [0.2, 0.25) is 0 Å². The zero-order valence-corrected chi connectivity index (χ0v) is 19.7. The van der Waals surface area contributed by atoms with E-state index in [-0.39, 0.29) is 11.3 Å². The van der Waals surface area contributed by atoms with Crippen LogP contribution in [0.3, 0.4) is 0 Å². The summed E-state index contributed by atoms with van der Waals surface area (Å²) in [5.41, 5.74) is 1.26. The lowest BCUT2D eigenvalue weighted by Crippen LogP contribution is -2.31. The first-order valence-electron chi connectivity index (χ1n) is 10.7. The third kappa shape index (κ3) is 4.85. The van der Waals surface area contributed by atoms with Crippen molar-refractivity contribution in [3.63, 3.8) is 0 Å². The smallest absolute Gasteiger partial charge is 0.295 e. The van der Waals surface area contributed by atoms with Crippen LogP contribution in [0.1, 0.15) is 30.5 Å². The number of aliphatic hydroxyl groups is 1. The molecule has 1 unspecified atom stereocenters. The van der Waals surface area contributed by atoms with Crippen molar-refractivity contribution < 1.29 is 19.4 Å². The number of aryl methyl sites for hydroxylation is 1. The molecule has 1 aromatic heterocycles. The average molecular weight is 510 g/mol. The zero-order chi connectivity index (χ0) is 23.4. The number of hydrogen-bond donors (Lipinski definition) is 1. The van der Waals surface area contributed by atoms with Gasteiger partial charge in [-0.2, -0.15) is 0 Å². The van der Waals surface area contributed by atoms with E-state index in [1.165, 1.54) is 0 Å². The van der Waals surface area contributed by atoms with Crippen molar-refractivity contribution in [2.75, 3.05) is 13.2 Å². The minimum absolute atomic E-state index is 0.0820. The molecule has 4 rings (SSSR count). The van der Waals surface area contributed by atoms with Gasteiger partial charge in [0.1, 0.15) is 11.5 Å². The lowest BCUT2D eigenvalue weighted by molar-refractivity contribution is -0.139. The van der Waals surface area contributed by atoms with E-state index in [4.69, 9.17) is 4.74 Å². The largest absolute Gasteiger partial charge is 0.507 e. The molecule has 1 saturated heterocycles. The zero-order valence-electron chi connectivity index (χ0n) is 18.1. The lowest BCUT2D eigenvalue weighted by atomic mass is 9.95. The molecular weight excluding hydrogens is 486 g/mol. The minimum atomic E-state index is -0.690. The summed E-state index contributed by atoms with van der Waals surface area (Å²) >= 11 is 3.43. The second-order valence-electron chi connectivity index (χ2n) is 7.66. The Balaban J connectivity index is 1.73. The fraction of sp³-hybridized carbons (Fsp3) is 0.240. The first-order valence-corrected chi connectivity index (χ1v) is 11.5. The Kier molecular flexibility index (Phi) is 6.93. The Hall–Kier alpha value is -3.39. The van der Waals surface area contributed by atoms with E-state index >= 15 is 0 Å². The molecule has 1 fully saturated rings. The van der Waals surface area contributed by atoms with Crippen molar-refractivity contribution in [2.45, 2.75) is 25.9 Å². The minimum Gasteiger partial charge on any atom is -0.507 e. The highest BCUT2D eigenvalue weighted by molar-refractivity contribution is 9.10. The third-order valence-electron chi connectivity index (χ3n) is 5.52. The van der Waals surface area contributed by atoms with Crippen LogP contribution in [-0.2, 0) is 16.1 Å². The molecule has 170 valence electrons. The number of aromatic nitrogens is 2. The molecular formula is C25H24BrN3O4. The number of ketones is 1. The fourth-order valence-corrected chi connectivity index (χ4v) is 4.26. The summed E-state index contributed by atoms with van der Waals surface area (Å²) in [6.45, 7) is 3.37. The molecule has 3 aromatic rings. The maximum absolute atomic E-state index is 13.1. The van der Waals surface area contributed by atoms with Crippen LogP contribution in [0.5, 0.6) is 5.75 Å². The number of imidazole rings is 1. The second-order valence-corrected chi connectivity index (χ2v) is 8.57. The molecule has 1 aliphatic rings. The molecule has 0 saturated carbocycles. The number of nitrogens with zero attached hydrogens (tertiary/aromatic N) is 3. The van der Waals surface area contributed by atoms with Crippen LogP contribution in [-0.4, -0.2) is 44.4 Å². The van der Waals surface area contributed by atoms with E-state index in [9.17, 15) is 14.7 Å². The second kappa shape index (κ2) is 10.0. The van der Waals surface area contributed by atoms with Gasteiger partial charge in [-0.05, 0) is 43.2 Å². The van der Waals surface area contributed by atoms with Gasteiger partial charge in [0, 0.05) is 35.5 Å². The summed E-state index contributed by atoms with van der Waals surface area (Å²) < 4.78 is 8.34. The third-order valence-corrected chi connectivity index (χ3v) is 6.05. The Bertz CT molecular complexity index is 1170. The SMILES string of the molecule is CCOc1cccc(/C(O)=C2\C(=O)C(=O)N(CCCn3ccnc3)C2c2ccc(Br)cc2)c1. The summed E-state index contributed by atoms with van der Waals surface area (Å²) in [5, 5.41) is 11.2. The Morgan fingerprint density at radius 2 is 1.94 bits per heavy atom. The fourth-order valence-electron chi connectivity index (χ4n) is 4.00. The van der Waals surface area contributed by atoms with Crippen LogP contribution in [0.25, 0.3) is 5.76 Å². The van der Waals surface area contributed by atoms with Crippen LogP contribution in [0.15, 0.2) is 77.3 Å². The summed E-state index contributed by atoms with van der Waals surface area (Å²) in [6, 6.07) is 13.6. The summed E-state index contributed by atoms with van der Waals surface area (Å²) in [7, 11) is 0. The number of aliphatic hydroxyl groups excluding tert-OH is 1. The van der Waals surface area contributed by atoms with Gasteiger partial charge in [-0.15, -0.1) is 0 Å². The predicted octanol–water partition coefficient (Wildman–Crippen LogP) is 4.56. The van der Waals surface area contributed by atoms with Crippen LogP contribution < -0.4 is 4.74 Å². The Morgan fingerprint density at radius 3 is 2.64 bits per heavy atom. The number of benzene rings is 2. The molecule has 33 heavy (non-hydrogen) atoms. The highest BCUT2D eigenvalue weighted by Crippen LogP contribution is 2.40. The van der Waals surface area contributed by atoms with Gasteiger partial charge in [0.15, 0.2) is 0 Å². The van der Waals surface area contributed by atoms with Gasteiger partial charge in [-0.3, -0.25) is 9.59 Å². The molecule has 7 nitrogen and oxygen atoms in total. The topological polar surface area (TPSA) is 84.7 Å². The van der Waals surface area contributed by atoms with Crippen molar-refractivity contribution in [3.8, 4) is 5.75 Å². The summed E-state index contributed by atoms with van der Waals surface area (Å²) in [6.07, 6.45) is 5.90. The number of halogens is 1. The van der Waals surface area contributed by atoms with E-state index in [0.29, 0.717) is 37.4 Å². The molecule has 0 aliphatic carbocycles. The van der Waals surface area contributed by atoms with Crippen LogP contribution >= 0.6 is 15.9 Å². The standard InChI is InChI=1S/C25H24BrN3O4/c1-2-33-20-6-3-5-18(15-20)23(30)21-22(17-7-9-19(26)10-8-17)29(25(32)24(21)31)13-4-12-28-14-11-27-16-28/h3,5-11,14-16,22,30H,2,4,12-13H2,1H3/b23-21+. The predicted molar refractivity (Wildman–Crippen MR) is 128 cm³/mol. The number of Topliss-reactive ketones (excluding diaryl/α,β-unsaturated/α-hetero) is 1. The first kappa shape index (κ1) is 22.8. The molecule has 1 atom stereocenters. The van der Waals surface area contributed by atoms with Gasteiger partial charge < -0.3 is 19.3 Å². The van der Waals surface area contributed by atoms with Crippen molar-refractivity contribution in [3.05, 3.63) is 88.4 Å². The van der Waals surface area contributed by atoms with E-state index in [0.717, 1.165) is 10.0 Å². The average Bonchev–Trinajstić information content (AvgIpc) is 3.42. The van der Waals surface area contributed by atoms with Gasteiger partial charge in [0.05, 0.1) is 24.5 Å². The highest BCUT2D eigenvalue weighted by atomic mass is 79.9. The lowest BCUT2D eigenvalue weighted by Gasteiger charge is -2.25. The van der Waals surface area contributed by atoms with E-state index < -0.39 is 17.7 Å². The Morgan fingerprint density at radius 1 is 1.15 bits per heavy atom. The highest BCUT2D eigenvalue weighted by Gasteiger charge is 2.45. The molecule has 8 heteroatoms. The van der Waals surface area contributed by atoms with Crippen LogP contribution in [0.4, 0.5) is 0 Å². The number of hydrogen-bond acceptors (Lipinski definition) is 5. The number of likely N-dealkylation sites (tertiary alicyclic amines) is 1. The summed E-state index contributed by atoms with van der Waals surface area (Å²) in [5.74, 6) is -0.933. The number of carbonyl (C=O) groups is 2. The number of amides is 1. The van der Waals surface area contributed by atoms with Crippen LogP contribution in [0, 0.1) is 0 Å². The quantitative estimate of drug-likeness (QED) is 0.273. The van der Waals surface area contributed by atoms with Gasteiger partial charge in [0.25, 0.3) is 11.7 Å². The molecule has 1 amide bonds. The van der Waals surface area contributed by atoms with Crippen molar-refractivity contribution >= 4 is 33.4 Å². The van der Waals surface area contributed by atoms with Gasteiger partial charge in [-0.1, -0.05) is 40.2 Å². The monoisotopic (exact) mass is 509 g/mol. The molecule has 0 bridgehead atoms. The van der Waals surface area contributed by atoms with Crippen LogP contribution in [0.2, 0.25) is 0 Å². The van der Waals surface area contributed by atoms with E-state index in [1.54, 1.807) is 41.7 Å². The molecule has 1 N–H and O–H groups in total. The van der Waals surface area contributed by atoms with Crippen molar-refractivity contribution in [1.82, 2.24) is 14.5 Å². The van der Waals surface area contributed by atoms with Crippen molar-refractivity contribution in [1.29, 1.82) is 0 Å². The Labute approximate surface area is 200 Å². The maximum atomic E-state index is 13.1. The summed E-state index contributed by atoms with van der Waals surface area (Å²) in [4.78, 5) is 31.7. The first-order chi connectivity index (χ1) is 16.0. The van der Waals surface area contributed by atoms with E-state index in [2.05, 4.69) is 20.9 Å². The van der Waals surface area contributed by atoms with Gasteiger partial charge >= 0.3 is 0 Å². The number of carbonyl (C=O) groups excluding carboxylic acids is 2. The molecule has 0 spiro atoms. The molecule has 2 aromatic carbocycles. The van der Waals surface area contributed by atoms with Gasteiger partial charge in [-0.25, -0.2) is 4.98 Å². The number of ether oxygens (including phenoxy) is 1. The maximum Gasteiger partial charge on any atom is 0.295 e. The van der Waals surface area contributed by atoms with E-state index in [1.807, 2.05) is 42.0 Å². The molecule has 1 aliphatic heterocycles. The molecule has 2 heterocycles. The number of rotatable bonds is 8.